The van der Waals surface area contributed by atoms with Crippen LogP contribution in [0.15, 0.2) is 0 Å². The average molecular weight is 314 g/mol. The highest BCUT2D eigenvalue weighted by atomic mass is 16.5. The summed E-state index contributed by atoms with van der Waals surface area (Å²) in [6.45, 7) is 5.18. The maximum Gasteiger partial charge on any atom is 0.105 e. The standard InChI is InChI=1S/C17H37NO.C3H6/c1-3-5-6-7-8-9-10-11-12-13-14-15-16-19-17(18)4-2;1-2-3-1/h17H,3-16,18H2,1-2H3;1-3H2. The molecule has 0 heterocycles. The molecule has 1 fully saturated rings. The van der Waals surface area contributed by atoms with Gasteiger partial charge in [0.25, 0.3) is 0 Å². The summed E-state index contributed by atoms with van der Waals surface area (Å²) < 4.78 is 5.46. The van der Waals surface area contributed by atoms with Crippen molar-refractivity contribution in [2.75, 3.05) is 6.61 Å². The summed E-state index contributed by atoms with van der Waals surface area (Å²) >= 11 is 0. The molecule has 22 heavy (non-hydrogen) atoms. The minimum absolute atomic E-state index is 0.0484. The van der Waals surface area contributed by atoms with E-state index in [1.807, 2.05) is 0 Å². The van der Waals surface area contributed by atoms with Crippen LogP contribution in [0, 0.1) is 0 Å². The lowest BCUT2D eigenvalue weighted by molar-refractivity contribution is 0.0526. The zero-order valence-corrected chi connectivity index (χ0v) is 15.6. The Hall–Kier alpha value is -0.0800. The van der Waals surface area contributed by atoms with E-state index in [-0.39, 0.29) is 6.23 Å². The summed E-state index contributed by atoms with van der Waals surface area (Å²) in [6, 6.07) is 0. The Kier molecular flexibility index (Phi) is 18.9. The molecule has 0 radical (unpaired) electrons. The van der Waals surface area contributed by atoms with Crippen LogP contribution in [0.1, 0.15) is 117 Å². The van der Waals surface area contributed by atoms with Crippen LogP contribution in [0.25, 0.3) is 0 Å². The monoisotopic (exact) mass is 313 g/mol. The first-order chi connectivity index (χ1) is 10.8. The van der Waals surface area contributed by atoms with E-state index in [0.717, 1.165) is 13.0 Å². The lowest BCUT2D eigenvalue weighted by atomic mass is 10.1. The van der Waals surface area contributed by atoms with Gasteiger partial charge >= 0.3 is 0 Å². The van der Waals surface area contributed by atoms with Gasteiger partial charge in [-0.2, -0.15) is 0 Å². The molecule has 0 amide bonds. The fraction of sp³-hybridized carbons (Fsp3) is 1.00. The smallest absolute Gasteiger partial charge is 0.105 e. The van der Waals surface area contributed by atoms with Crippen molar-refractivity contribution >= 4 is 0 Å². The second kappa shape index (κ2) is 19.0. The lowest BCUT2D eigenvalue weighted by Gasteiger charge is -2.09. The molecule has 0 aromatic heterocycles. The zero-order valence-electron chi connectivity index (χ0n) is 15.6. The molecular weight excluding hydrogens is 270 g/mol. The largest absolute Gasteiger partial charge is 0.364 e. The highest BCUT2D eigenvalue weighted by Gasteiger charge is 1.98. The topological polar surface area (TPSA) is 35.2 Å². The predicted molar refractivity (Wildman–Crippen MR) is 99.1 cm³/mol. The van der Waals surface area contributed by atoms with Crippen LogP contribution in [0.4, 0.5) is 0 Å². The van der Waals surface area contributed by atoms with E-state index < -0.39 is 0 Å². The maximum atomic E-state index is 5.69. The molecule has 0 spiro atoms. The number of ether oxygens (including phenoxy) is 1. The Morgan fingerprint density at radius 2 is 1.09 bits per heavy atom. The fourth-order valence-corrected chi connectivity index (χ4v) is 2.30. The van der Waals surface area contributed by atoms with Crippen LogP contribution < -0.4 is 5.73 Å². The van der Waals surface area contributed by atoms with Crippen LogP contribution in [-0.2, 0) is 4.74 Å². The van der Waals surface area contributed by atoms with E-state index in [1.54, 1.807) is 0 Å². The van der Waals surface area contributed by atoms with E-state index in [0.29, 0.717) is 0 Å². The molecule has 0 saturated heterocycles. The Labute approximate surface area is 140 Å². The third-order valence-electron chi connectivity index (χ3n) is 4.09. The highest BCUT2D eigenvalue weighted by Crippen LogP contribution is 2.15. The van der Waals surface area contributed by atoms with Gasteiger partial charge in [-0.3, -0.25) is 0 Å². The van der Waals surface area contributed by atoms with Gasteiger partial charge in [0.05, 0.1) is 0 Å². The number of unbranched alkanes of at least 4 members (excludes halogenated alkanes) is 11. The third-order valence-corrected chi connectivity index (χ3v) is 4.09. The molecule has 0 bridgehead atoms. The van der Waals surface area contributed by atoms with Crippen LogP contribution in [0.5, 0.6) is 0 Å². The summed E-state index contributed by atoms with van der Waals surface area (Å²) in [5, 5.41) is 0. The average Bonchev–Trinajstić information content (AvgIpc) is 3.40. The molecule has 1 aliphatic rings. The van der Waals surface area contributed by atoms with Crippen LogP contribution in [-0.4, -0.2) is 12.8 Å². The Morgan fingerprint density at radius 1 is 0.682 bits per heavy atom. The molecule has 0 aromatic carbocycles. The van der Waals surface area contributed by atoms with E-state index in [9.17, 15) is 0 Å². The van der Waals surface area contributed by atoms with Gasteiger partial charge in [0, 0.05) is 6.61 Å². The Balaban J connectivity index is 0.00000129. The van der Waals surface area contributed by atoms with Gasteiger partial charge in [-0.25, -0.2) is 0 Å². The van der Waals surface area contributed by atoms with E-state index in [2.05, 4.69) is 13.8 Å². The van der Waals surface area contributed by atoms with Crippen molar-refractivity contribution in [3.8, 4) is 0 Å². The quantitative estimate of drug-likeness (QED) is 0.274. The number of hydrogen-bond donors (Lipinski definition) is 1. The van der Waals surface area contributed by atoms with Crippen molar-refractivity contribution in [1.82, 2.24) is 0 Å². The second-order valence-corrected chi connectivity index (χ2v) is 6.77. The van der Waals surface area contributed by atoms with Gasteiger partial charge in [0.15, 0.2) is 0 Å². The van der Waals surface area contributed by atoms with E-state index in [4.69, 9.17) is 10.5 Å². The summed E-state index contributed by atoms with van der Waals surface area (Å²) in [5.74, 6) is 0. The molecular formula is C20H43NO. The van der Waals surface area contributed by atoms with Gasteiger partial charge in [-0.1, -0.05) is 104 Å². The molecule has 0 aliphatic heterocycles. The third kappa shape index (κ3) is 22.2. The number of rotatable bonds is 15. The molecule has 1 aliphatic carbocycles. The van der Waals surface area contributed by atoms with Crippen molar-refractivity contribution in [1.29, 1.82) is 0 Å². The van der Waals surface area contributed by atoms with Crippen molar-refractivity contribution in [2.45, 2.75) is 123 Å². The summed E-state index contributed by atoms with van der Waals surface area (Å²) in [6.07, 6.45) is 22.0. The summed E-state index contributed by atoms with van der Waals surface area (Å²) in [4.78, 5) is 0. The van der Waals surface area contributed by atoms with E-state index in [1.165, 1.54) is 96.3 Å². The first-order valence-electron chi connectivity index (χ1n) is 10.2. The van der Waals surface area contributed by atoms with Crippen molar-refractivity contribution < 1.29 is 4.74 Å². The normalized spacial score (nSPS) is 14.3. The molecule has 2 nitrogen and oxygen atoms in total. The second-order valence-electron chi connectivity index (χ2n) is 6.77. The van der Waals surface area contributed by atoms with Crippen LogP contribution >= 0.6 is 0 Å². The molecule has 2 heteroatoms. The maximum absolute atomic E-state index is 5.69. The van der Waals surface area contributed by atoms with Crippen molar-refractivity contribution in [2.24, 2.45) is 5.73 Å². The first kappa shape index (κ1) is 21.9. The number of hydrogen-bond acceptors (Lipinski definition) is 2. The molecule has 0 aromatic rings. The summed E-state index contributed by atoms with van der Waals surface area (Å²) in [5.41, 5.74) is 5.69. The number of nitrogens with two attached hydrogens (primary N) is 1. The van der Waals surface area contributed by atoms with Gasteiger partial charge in [0.1, 0.15) is 6.23 Å². The molecule has 1 saturated carbocycles. The van der Waals surface area contributed by atoms with Gasteiger partial charge in [-0.15, -0.1) is 0 Å². The minimum atomic E-state index is -0.0484. The van der Waals surface area contributed by atoms with Crippen LogP contribution in [0.3, 0.4) is 0 Å². The SMILES string of the molecule is C1CC1.CCCCCCCCCCCCCCOC(N)CC. The summed E-state index contributed by atoms with van der Waals surface area (Å²) in [7, 11) is 0. The van der Waals surface area contributed by atoms with E-state index >= 15 is 0 Å². The molecule has 1 unspecified atom stereocenters. The molecule has 2 N–H and O–H groups in total. The van der Waals surface area contributed by atoms with Crippen molar-refractivity contribution in [3.63, 3.8) is 0 Å². The van der Waals surface area contributed by atoms with Crippen molar-refractivity contribution in [3.05, 3.63) is 0 Å². The minimum Gasteiger partial charge on any atom is -0.364 e. The predicted octanol–water partition coefficient (Wildman–Crippen LogP) is 6.57. The first-order valence-corrected chi connectivity index (χ1v) is 10.2. The van der Waals surface area contributed by atoms with Gasteiger partial charge in [-0.05, 0) is 12.8 Å². The van der Waals surface area contributed by atoms with Gasteiger partial charge < -0.3 is 10.5 Å². The lowest BCUT2D eigenvalue weighted by Crippen LogP contribution is -2.22. The fourth-order valence-electron chi connectivity index (χ4n) is 2.30. The van der Waals surface area contributed by atoms with Gasteiger partial charge in [0.2, 0.25) is 0 Å². The van der Waals surface area contributed by atoms with Crippen LogP contribution in [0.2, 0.25) is 0 Å². The molecule has 1 atom stereocenters. The Morgan fingerprint density at radius 3 is 1.45 bits per heavy atom. The molecule has 1 rings (SSSR count). The highest BCUT2D eigenvalue weighted by molar-refractivity contribution is 4.51. The zero-order chi connectivity index (χ0) is 16.3. The Bertz CT molecular complexity index is 191. The molecule has 134 valence electrons.